The number of benzene rings is 2. The quantitative estimate of drug-likeness (QED) is 0.481. The number of H-pyrrole nitrogens is 1. The number of hydrogen-bond donors (Lipinski definition) is 3. The van der Waals surface area contributed by atoms with Crippen molar-refractivity contribution in [2.45, 2.75) is 26.8 Å². The minimum absolute atomic E-state index is 0.000346. The fraction of sp³-hybridized carbons (Fsp3) is 0.292. The van der Waals surface area contributed by atoms with Gasteiger partial charge in [-0.05, 0) is 42.7 Å². The lowest BCUT2D eigenvalue weighted by atomic mass is 10.0. The Balaban J connectivity index is 1.99. The molecule has 0 radical (unpaired) electrons. The van der Waals surface area contributed by atoms with E-state index in [-0.39, 0.29) is 30.3 Å². The van der Waals surface area contributed by atoms with E-state index in [1.54, 1.807) is 18.2 Å². The van der Waals surface area contributed by atoms with Gasteiger partial charge in [0.1, 0.15) is 5.75 Å². The maximum Gasteiger partial charge on any atom is 0.255 e. The van der Waals surface area contributed by atoms with Gasteiger partial charge in [-0.3, -0.25) is 14.7 Å². The van der Waals surface area contributed by atoms with Crippen molar-refractivity contribution in [1.29, 1.82) is 0 Å². The summed E-state index contributed by atoms with van der Waals surface area (Å²) in [7, 11) is 1.51. The van der Waals surface area contributed by atoms with Crippen LogP contribution in [0.1, 0.15) is 52.7 Å². The van der Waals surface area contributed by atoms with Crippen LogP contribution in [0.5, 0.6) is 5.75 Å². The zero-order chi connectivity index (χ0) is 22.5. The third-order valence-electron chi connectivity index (χ3n) is 5.20. The number of hydrogen-bond acceptors (Lipinski definition) is 5. The second kappa shape index (κ2) is 9.57. The Morgan fingerprint density at radius 3 is 2.65 bits per heavy atom. The lowest BCUT2D eigenvalue weighted by Gasteiger charge is -2.20. The third-order valence-corrected chi connectivity index (χ3v) is 5.20. The predicted octanol–water partition coefficient (Wildman–Crippen LogP) is 3.69. The molecule has 1 atom stereocenters. The summed E-state index contributed by atoms with van der Waals surface area (Å²) >= 11 is 0. The molecule has 7 heteroatoms. The molecule has 0 aliphatic rings. The third kappa shape index (κ3) is 4.83. The van der Waals surface area contributed by atoms with Crippen LogP contribution in [0.4, 0.5) is 0 Å². The van der Waals surface area contributed by atoms with Crippen molar-refractivity contribution in [3.05, 3.63) is 58.8 Å². The SMILES string of the molecule is COc1c(C(=O)NC(CO)C(C)C)ccc2[nH]nc(/C=C/c3cccc(C(C)=O)c3)c12. The zero-order valence-electron chi connectivity index (χ0n) is 18.1. The molecule has 7 nitrogen and oxygen atoms in total. The van der Waals surface area contributed by atoms with Gasteiger partial charge in [-0.15, -0.1) is 0 Å². The number of nitrogens with one attached hydrogen (secondary N) is 2. The Hall–Kier alpha value is -3.45. The van der Waals surface area contributed by atoms with E-state index in [1.165, 1.54) is 14.0 Å². The number of aliphatic hydroxyl groups excluding tert-OH is 1. The van der Waals surface area contributed by atoms with Crippen molar-refractivity contribution in [3.63, 3.8) is 0 Å². The van der Waals surface area contributed by atoms with Gasteiger partial charge >= 0.3 is 0 Å². The number of ketones is 1. The van der Waals surface area contributed by atoms with Gasteiger partial charge in [0.15, 0.2) is 5.78 Å². The van der Waals surface area contributed by atoms with Crippen molar-refractivity contribution in [2.75, 3.05) is 13.7 Å². The number of Topliss-reactive ketones (excluding diaryl/α,β-unsaturated/α-hetero) is 1. The van der Waals surface area contributed by atoms with Gasteiger partial charge in [-0.2, -0.15) is 5.10 Å². The summed E-state index contributed by atoms with van der Waals surface area (Å²) in [5.74, 6) is 0.167. The van der Waals surface area contributed by atoms with E-state index in [4.69, 9.17) is 4.74 Å². The van der Waals surface area contributed by atoms with Crippen molar-refractivity contribution in [1.82, 2.24) is 15.5 Å². The summed E-state index contributed by atoms with van der Waals surface area (Å²) in [6.45, 7) is 5.25. The largest absolute Gasteiger partial charge is 0.495 e. The van der Waals surface area contributed by atoms with Gasteiger partial charge in [0.25, 0.3) is 5.91 Å². The average Bonchev–Trinajstić information content (AvgIpc) is 3.18. The highest BCUT2D eigenvalue weighted by Crippen LogP contribution is 2.32. The molecule has 0 saturated heterocycles. The van der Waals surface area contributed by atoms with Crippen LogP contribution in [-0.2, 0) is 0 Å². The monoisotopic (exact) mass is 421 g/mol. The molecule has 3 N–H and O–H groups in total. The number of aliphatic hydroxyl groups is 1. The molecule has 0 aliphatic carbocycles. The molecule has 162 valence electrons. The maximum atomic E-state index is 12.9. The molecule has 2 aromatic carbocycles. The molecule has 0 spiro atoms. The molecule has 0 fully saturated rings. The van der Waals surface area contributed by atoms with E-state index in [0.717, 1.165) is 11.1 Å². The highest BCUT2D eigenvalue weighted by molar-refractivity contribution is 6.05. The summed E-state index contributed by atoms with van der Waals surface area (Å²) in [4.78, 5) is 24.5. The number of rotatable bonds is 8. The van der Waals surface area contributed by atoms with Crippen LogP contribution in [0.3, 0.4) is 0 Å². The smallest absolute Gasteiger partial charge is 0.255 e. The first-order chi connectivity index (χ1) is 14.8. The number of carbonyl (C=O) groups excluding carboxylic acids is 2. The number of amides is 1. The average molecular weight is 421 g/mol. The number of nitrogens with zero attached hydrogens (tertiary/aromatic N) is 1. The molecular weight excluding hydrogens is 394 g/mol. The maximum absolute atomic E-state index is 12.9. The van der Waals surface area contributed by atoms with Gasteiger partial charge in [-0.1, -0.05) is 38.1 Å². The number of methoxy groups -OCH3 is 1. The molecule has 3 rings (SSSR count). The summed E-state index contributed by atoms with van der Waals surface area (Å²) in [5.41, 5.74) is 3.20. The normalized spacial score (nSPS) is 12.5. The molecule has 31 heavy (non-hydrogen) atoms. The molecule has 1 amide bonds. The summed E-state index contributed by atoms with van der Waals surface area (Å²) in [6.07, 6.45) is 3.67. The Labute approximate surface area is 181 Å². The highest BCUT2D eigenvalue weighted by atomic mass is 16.5. The van der Waals surface area contributed by atoms with Gasteiger partial charge in [-0.25, -0.2) is 0 Å². The number of ether oxygens (including phenoxy) is 1. The molecule has 0 aliphatic heterocycles. The first kappa shape index (κ1) is 22.2. The van der Waals surface area contributed by atoms with Crippen molar-refractivity contribution in [3.8, 4) is 5.75 Å². The molecule has 1 aromatic heterocycles. The van der Waals surface area contributed by atoms with Crippen LogP contribution in [0, 0.1) is 5.92 Å². The lowest BCUT2D eigenvalue weighted by Crippen LogP contribution is -2.41. The van der Waals surface area contributed by atoms with E-state index in [2.05, 4.69) is 15.5 Å². The summed E-state index contributed by atoms with van der Waals surface area (Å²) in [6, 6.07) is 10.4. The van der Waals surface area contributed by atoms with Crippen molar-refractivity contribution in [2.24, 2.45) is 5.92 Å². The molecule has 3 aromatic rings. The number of carbonyl (C=O) groups is 2. The molecular formula is C24H27N3O4. The molecule has 0 saturated carbocycles. The van der Waals surface area contributed by atoms with E-state index in [9.17, 15) is 14.7 Å². The van der Waals surface area contributed by atoms with E-state index in [1.807, 2.05) is 44.2 Å². The Morgan fingerprint density at radius 2 is 2.00 bits per heavy atom. The predicted molar refractivity (Wildman–Crippen MR) is 121 cm³/mol. The van der Waals surface area contributed by atoms with Gasteiger partial charge in [0.2, 0.25) is 0 Å². The number of aromatic amines is 1. The second-order valence-corrected chi connectivity index (χ2v) is 7.70. The van der Waals surface area contributed by atoms with Gasteiger partial charge in [0, 0.05) is 5.56 Å². The van der Waals surface area contributed by atoms with Crippen molar-refractivity contribution >= 4 is 34.7 Å². The second-order valence-electron chi connectivity index (χ2n) is 7.70. The Morgan fingerprint density at radius 1 is 1.23 bits per heavy atom. The van der Waals surface area contributed by atoms with Crippen LogP contribution < -0.4 is 10.1 Å². The fourth-order valence-electron chi connectivity index (χ4n) is 3.32. The Bertz CT molecular complexity index is 1130. The number of aromatic nitrogens is 2. The van der Waals surface area contributed by atoms with E-state index in [0.29, 0.717) is 28.0 Å². The van der Waals surface area contributed by atoms with Crippen LogP contribution in [0.2, 0.25) is 0 Å². The highest BCUT2D eigenvalue weighted by Gasteiger charge is 2.22. The first-order valence-corrected chi connectivity index (χ1v) is 10.1. The summed E-state index contributed by atoms with van der Waals surface area (Å²) in [5, 5.41) is 20.4. The van der Waals surface area contributed by atoms with Gasteiger partial charge < -0.3 is 15.2 Å². The first-order valence-electron chi connectivity index (χ1n) is 10.1. The minimum atomic E-state index is -0.356. The standard InChI is InChI=1S/C24H27N3O4/c1-14(2)21(13-28)25-24(30)18-9-11-20-22(23(18)31-4)19(26-27-20)10-8-16-6-5-7-17(12-16)15(3)29/h5-12,14,21,28H,13H2,1-4H3,(H,25,30)(H,26,27)/b10-8+. The van der Waals surface area contributed by atoms with E-state index >= 15 is 0 Å². The fourth-order valence-corrected chi connectivity index (χ4v) is 3.32. The zero-order valence-corrected chi connectivity index (χ0v) is 18.1. The van der Waals surface area contributed by atoms with Crippen LogP contribution in [-0.4, -0.2) is 46.8 Å². The van der Waals surface area contributed by atoms with Crippen molar-refractivity contribution < 1.29 is 19.4 Å². The molecule has 1 heterocycles. The summed E-state index contributed by atoms with van der Waals surface area (Å²) < 4.78 is 5.60. The van der Waals surface area contributed by atoms with E-state index < -0.39 is 0 Å². The van der Waals surface area contributed by atoms with Crippen LogP contribution in [0.15, 0.2) is 36.4 Å². The van der Waals surface area contributed by atoms with Crippen LogP contribution >= 0.6 is 0 Å². The van der Waals surface area contributed by atoms with Gasteiger partial charge in [0.05, 0.1) is 41.9 Å². The minimum Gasteiger partial charge on any atom is -0.495 e. The molecule has 0 bridgehead atoms. The number of fused-ring (bicyclic) bond motifs is 1. The van der Waals surface area contributed by atoms with Crippen LogP contribution in [0.25, 0.3) is 23.1 Å². The topological polar surface area (TPSA) is 104 Å². The lowest BCUT2D eigenvalue weighted by molar-refractivity contribution is 0.0893. The Kier molecular flexibility index (Phi) is 6.87. The molecule has 1 unspecified atom stereocenters.